The molecular weight excluding hydrogens is 255 g/mol. The predicted octanol–water partition coefficient (Wildman–Crippen LogP) is 3.35. The van der Waals surface area contributed by atoms with Crippen molar-refractivity contribution in [1.29, 1.82) is 0 Å². The number of H-pyrrole nitrogens is 1. The fraction of sp³-hybridized carbons (Fsp3) is 0.188. The van der Waals surface area contributed by atoms with Crippen LogP contribution in [0.5, 0.6) is 0 Å². The van der Waals surface area contributed by atoms with Crippen LogP contribution in [-0.4, -0.2) is 15.1 Å². The van der Waals surface area contributed by atoms with Crippen LogP contribution in [0.1, 0.15) is 24.6 Å². The molecule has 0 aliphatic rings. The highest BCUT2D eigenvalue weighted by molar-refractivity contribution is 5.80. The molecule has 3 rings (SSSR count). The maximum atomic E-state index is 13.0. The van der Waals surface area contributed by atoms with Gasteiger partial charge in [-0.2, -0.15) is 0 Å². The average Bonchev–Trinajstić information content (AvgIpc) is 2.94. The lowest BCUT2D eigenvalue weighted by molar-refractivity contribution is 0.0719. The average molecular weight is 270 g/mol. The van der Waals surface area contributed by atoms with E-state index < -0.39 is 11.4 Å². The van der Waals surface area contributed by atoms with Gasteiger partial charge in [0.25, 0.3) is 0 Å². The van der Waals surface area contributed by atoms with Gasteiger partial charge < -0.3 is 10.1 Å². The summed E-state index contributed by atoms with van der Waals surface area (Å²) in [5.41, 5.74) is 1.01. The van der Waals surface area contributed by atoms with Crippen LogP contribution in [-0.2, 0) is 5.60 Å². The molecule has 0 saturated heterocycles. The topological polar surface area (TPSA) is 48.9 Å². The maximum Gasteiger partial charge on any atom is 0.141 e. The van der Waals surface area contributed by atoms with Gasteiger partial charge >= 0.3 is 0 Å². The Morgan fingerprint density at radius 2 is 2.10 bits per heavy atom. The normalized spacial score (nSPS) is 14.3. The van der Waals surface area contributed by atoms with Gasteiger partial charge in [-0.3, -0.25) is 4.98 Å². The van der Waals surface area contributed by atoms with E-state index in [1.165, 1.54) is 12.1 Å². The van der Waals surface area contributed by atoms with Crippen LogP contribution in [0.4, 0.5) is 4.39 Å². The summed E-state index contributed by atoms with van der Waals surface area (Å²) in [6.07, 6.45) is 3.45. The molecule has 2 heterocycles. The molecule has 0 fully saturated rings. The number of aliphatic hydroxyl groups is 1. The van der Waals surface area contributed by atoms with Gasteiger partial charge in [-0.25, -0.2) is 4.39 Å². The smallest absolute Gasteiger partial charge is 0.141 e. The number of halogens is 1. The zero-order chi connectivity index (χ0) is 14.2. The van der Waals surface area contributed by atoms with Crippen molar-refractivity contribution < 1.29 is 9.50 Å². The molecule has 102 valence electrons. The monoisotopic (exact) mass is 270 g/mol. The van der Waals surface area contributed by atoms with Crippen molar-refractivity contribution in [2.24, 2.45) is 0 Å². The van der Waals surface area contributed by atoms with Gasteiger partial charge in [-0.05, 0) is 47.7 Å². The van der Waals surface area contributed by atoms with Crippen LogP contribution in [0.2, 0.25) is 0 Å². The summed E-state index contributed by atoms with van der Waals surface area (Å²) < 4.78 is 13.0. The second kappa shape index (κ2) is 4.72. The van der Waals surface area contributed by atoms with Crippen LogP contribution in [0.3, 0.4) is 0 Å². The van der Waals surface area contributed by atoms with E-state index in [0.717, 1.165) is 22.7 Å². The van der Waals surface area contributed by atoms with Crippen molar-refractivity contribution in [3.63, 3.8) is 0 Å². The van der Waals surface area contributed by atoms with Gasteiger partial charge in [-0.15, -0.1) is 0 Å². The quantitative estimate of drug-likeness (QED) is 0.766. The number of hydrogen-bond acceptors (Lipinski definition) is 2. The van der Waals surface area contributed by atoms with Crippen molar-refractivity contribution in [3.05, 3.63) is 65.9 Å². The van der Waals surface area contributed by atoms with E-state index in [-0.39, 0.29) is 0 Å². The number of nitrogens with zero attached hydrogens (tertiary/aromatic N) is 1. The van der Waals surface area contributed by atoms with Crippen LogP contribution in [0.25, 0.3) is 10.9 Å². The minimum absolute atomic E-state index is 0.409. The molecule has 3 nitrogen and oxygen atoms in total. The lowest BCUT2D eigenvalue weighted by Gasteiger charge is -2.27. The summed E-state index contributed by atoms with van der Waals surface area (Å²) in [6, 6.07) is 10.5. The number of rotatable bonds is 3. The number of nitrogens with one attached hydrogen (secondary N) is 1. The fourth-order valence-electron chi connectivity index (χ4n) is 2.46. The van der Waals surface area contributed by atoms with E-state index in [2.05, 4.69) is 9.97 Å². The number of fused-ring (bicyclic) bond motifs is 1. The number of pyridine rings is 1. The van der Waals surface area contributed by atoms with E-state index in [4.69, 9.17) is 0 Å². The minimum atomic E-state index is -1.21. The molecule has 0 amide bonds. The highest BCUT2D eigenvalue weighted by atomic mass is 19.1. The molecule has 1 atom stereocenters. The first-order chi connectivity index (χ1) is 9.63. The van der Waals surface area contributed by atoms with Gasteiger partial charge in [0.2, 0.25) is 0 Å². The summed E-state index contributed by atoms with van der Waals surface area (Å²) in [6.45, 7) is 1.88. The van der Waals surface area contributed by atoms with Crippen LogP contribution in [0, 0.1) is 5.82 Å². The highest BCUT2D eigenvalue weighted by Crippen LogP contribution is 2.33. The Labute approximate surface area is 116 Å². The van der Waals surface area contributed by atoms with Crippen molar-refractivity contribution >= 4 is 10.9 Å². The van der Waals surface area contributed by atoms with E-state index in [1.54, 1.807) is 0 Å². The molecule has 0 bridgehead atoms. The SMILES string of the molecule is CCC(O)(c1ccc2[nH]ccc2c1)c1ccc(F)cn1. The zero-order valence-corrected chi connectivity index (χ0v) is 11.1. The molecule has 4 heteroatoms. The lowest BCUT2D eigenvalue weighted by atomic mass is 9.87. The summed E-state index contributed by atoms with van der Waals surface area (Å²) in [5.74, 6) is -0.409. The molecule has 0 aliphatic heterocycles. The van der Waals surface area contributed by atoms with Gasteiger partial charge in [0.05, 0.1) is 11.9 Å². The summed E-state index contributed by atoms with van der Waals surface area (Å²) >= 11 is 0. The zero-order valence-electron chi connectivity index (χ0n) is 11.1. The summed E-state index contributed by atoms with van der Waals surface area (Å²) in [7, 11) is 0. The molecule has 1 aromatic carbocycles. The molecule has 2 aromatic heterocycles. The molecule has 0 saturated carbocycles. The number of benzene rings is 1. The summed E-state index contributed by atoms with van der Waals surface area (Å²) in [4.78, 5) is 7.15. The predicted molar refractivity (Wildman–Crippen MR) is 75.8 cm³/mol. The lowest BCUT2D eigenvalue weighted by Crippen LogP contribution is -2.27. The number of hydrogen-bond donors (Lipinski definition) is 2. The summed E-state index contributed by atoms with van der Waals surface area (Å²) in [5, 5.41) is 12.0. The van der Waals surface area contributed by atoms with Gasteiger partial charge in [-0.1, -0.05) is 13.0 Å². The molecule has 1 unspecified atom stereocenters. The van der Waals surface area contributed by atoms with Crippen LogP contribution >= 0.6 is 0 Å². The van der Waals surface area contributed by atoms with Gasteiger partial charge in [0, 0.05) is 11.7 Å². The Bertz CT molecular complexity index is 736. The largest absolute Gasteiger partial charge is 0.379 e. The second-order valence-corrected chi connectivity index (χ2v) is 4.86. The number of aromatic amines is 1. The van der Waals surface area contributed by atoms with E-state index in [0.29, 0.717) is 12.1 Å². The highest BCUT2D eigenvalue weighted by Gasteiger charge is 2.31. The number of aromatic nitrogens is 2. The van der Waals surface area contributed by atoms with Crippen molar-refractivity contribution in [3.8, 4) is 0 Å². The van der Waals surface area contributed by atoms with E-state index in [1.807, 2.05) is 37.4 Å². The fourth-order valence-corrected chi connectivity index (χ4v) is 2.46. The van der Waals surface area contributed by atoms with Crippen molar-refractivity contribution in [2.75, 3.05) is 0 Å². The third kappa shape index (κ3) is 1.98. The van der Waals surface area contributed by atoms with Crippen LogP contribution < -0.4 is 0 Å². The van der Waals surface area contributed by atoms with Gasteiger partial charge in [0.1, 0.15) is 11.4 Å². The van der Waals surface area contributed by atoms with Crippen LogP contribution in [0.15, 0.2) is 48.8 Å². The maximum absolute atomic E-state index is 13.0. The Morgan fingerprint density at radius 3 is 2.80 bits per heavy atom. The molecule has 0 radical (unpaired) electrons. The van der Waals surface area contributed by atoms with Crippen molar-refractivity contribution in [1.82, 2.24) is 9.97 Å². The molecule has 0 spiro atoms. The third-order valence-corrected chi connectivity index (χ3v) is 3.69. The Balaban J connectivity index is 2.13. The van der Waals surface area contributed by atoms with Crippen molar-refractivity contribution in [2.45, 2.75) is 18.9 Å². The first-order valence-corrected chi connectivity index (χ1v) is 6.55. The Hall–Kier alpha value is -2.20. The minimum Gasteiger partial charge on any atom is -0.379 e. The second-order valence-electron chi connectivity index (χ2n) is 4.86. The molecular formula is C16H15FN2O. The molecule has 20 heavy (non-hydrogen) atoms. The first kappa shape index (κ1) is 12.8. The Kier molecular flexibility index (Phi) is 3.03. The first-order valence-electron chi connectivity index (χ1n) is 6.55. The molecule has 3 aromatic rings. The van der Waals surface area contributed by atoms with E-state index >= 15 is 0 Å². The van der Waals surface area contributed by atoms with E-state index in [9.17, 15) is 9.50 Å². The third-order valence-electron chi connectivity index (χ3n) is 3.69. The van der Waals surface area contributed by atoms with Gasteiger partial charge in [0.15, 0.2) is 0 Å². The standard InChI is InChI=1S/C16H15FN2O/c1-2-16(20,15-6-4-13(17)10-19-15)12-3-5-14-11(9-12)7-8-18-14/h3-10,18,20H,2H2,1H3. The Morgan fingerprint density at radius 1 is 1.25 bits per heavy atom. The molecule has 2 N–H and O–H groups in total. The molecule has 0 aliphatic carbocycles.